The zero-order chi connectivity index (χ0) is 20.0. The second kappa shape index (κ2) is 7.00. The number of carbonyl (C=O) groups excluding carboxylic acids is 3. The summed E-state index contributed by atoms with van der Waals surface area (Å²) in [4.78, 5) is 38.4. The van der Waals surface area contributed by atoms with Crippen LogP contribution in [-0.4, -0.2) is 45.4 Å². The molecular formula is C20H22N6O3. The van der Waals surface area contributed by atoms with Crippen LogP contribution in [0.25, 0.3) is 0 Å². The normalized spacial score (nSPS) is 21.0. The Kier molecular flexibility index (Phi) is 4.31. The minimum Gasteiger partial charge on any atom is -0.364 e. The van der Waals surface area contributed by atoms with Crippen molar-refractivity contribution in [3.05, 3.63) is 46.1 Å². The molecule has 1 unspecified atom stereocenters. The highest BCUT2D eigenvalue weighted by Crippen LogP contribution is 2.30. The number of nitrogens with zero attached hydrogens (tertiary/aromatic N) is 2. The van der Waals surface area contributed by atoms with E-state index >= 15 is 0 Å². The van der Waals surface area contributed by atoms with Crippen molar-refractivity contribution in [3.63, 3.8) is 0 Å². The molecule has 29 heavy (non-hydrogen) atoms. The van der Waals surface area contributed by atoms with Crippen LogP contribution in [0.5, 0.6) is 0 Å². The van der Waals surface area contributed by atoms with E-state index in [-0.39, 0.29) is 18.2 Å². The third kappa shape index (κ3) is 3.07. The molecule has 0 aliphatic carbocycles. The molecule has 4 heterocycles. The number of H-pyrrole nitrogens is 1. The van der Waals surface area contributed by atoms with Gasteiger partial charge in [0, 0.05) is 55.8 Å². The number of benzene rings is 1. The summed E-state index contributed by atoms with van der Waals surface area (Å²) < 4.78 is 0. The van der Waals surface area contributed by atoms with Gasteiger partial charge in [0.05, 0.1) is 0 Å². The van der Waals surface area contributed by atoms with Gasteiger partial charge in [0.1, 0.15) is 6.04 Å². The van der Waals surface area contributed by atoms with E-state index in [4.69, 9.17) is 0 Å². The fourth-order valence-electron chi connectivity index (χ4n) is 4.39. The van der Waals surface area contributed by atoms with Gasteiger partial charge in [0.25, 0.3) is 5.91 Å². The molecule has 9 heteroatoms. The highest BCUT2D eigenvalue weighted by atomic mass is 16.2. The van der Waals surface area contributed by atoms with Crippen LogP contribution in [0.2, 0.25) is 0 Å². The predicted molar refractivity (Wildman–Crippen MR) is 104 cm³/mol. The fraction of sp³-hybridized carbons (Fsp3) is 0.400. The highest BCUT2D eigenvalue weighted by molar-refractivity contribution is 6.06. The fourth-order valence-corrected chi connectivity index (χ4v) is 4.39. The Balaban J connectivity index is 1.35. The van der Waals surface area contributed by atoms with E-state index in [1.165, 1.54) is 0 Å². The maximum absolute atomic E-state index is 13.1. The zero-order valence-corrected chi connectivity index (χ0v) is 15.9. The van der Waals surface area contributed by atoms with E-state index in [1.54, 1.807) is 4.90 Å². The number of anilines is 1. The van der Waals surface area contributed by atoms with Crippen LogP contribution in [0.4, 0.5) is 5.82 Å². The summed E-state index contributed by atoms with van der Waals surface area (Å²) in [7, 11) is 0. The number of carbonyl (C=O) groups is 3. The van der Waals surface area contributed by atoms with Crippen molar-refractivity contribution in [1.82, 2.24) is 25.7 Å². The van der Waals surface area contributed by atoms with Crippen LogP contribution in [0.15, 0.2) is 18.2 Å². The average Bonchev–Trinajstić information content (AvgIpc) is 3.28. The standard InChI is InChI=1S/C20H22N6O3/c27-16-5-4-15(19(28)23-16)26-10-12-3-1-2-11(17(12)20(26)29)8-22-18-13-9-21-7-6-14(13)24-25-18/h1-3,15,21H,4-10H2,(H2,22,24,25)(H,23,27,28). The minimum atomic E-state index is -0.599. The molecule has 0 saturated carbocycles. The topological polar surface area (TPSA) is 119 Å². The smallest absolute Gasteiger partial charge is 0.255 e. The lowest BCUT2D eigenvalue weighted by molar-refractivity contribution is -0.136. The van der Waals surface area contributed by atoms with Crippen molar-refractivity contribution in [3.8, 4) is 0 Å². The maximum atomic E-state index is 13.1. The first kappa shape index (κ1) is 17.9. The molecule has 0 bridgehead atoms. The van der Waals surface area contributed by atoms with Crippen LogP contribution in [-0.2, 0) is 35.6 Å². The Morgan fingerprint density at radius 3 is 2.97 bits per heavy atom. The molecule has 0 spiro atoms. The quantitative estimate of drug-likeness (QED) is 0.559. The Labute approximate surface area is 167 Å². The Morgan fingerprint density at radius 1 is 1.21 bits per heavy atom. The molecule has 5 rings (SSSR count). The lowest BCUT2D eigenvalue weighted by Crippen LogP contribution is -2.52. The van der Waals surface area contributed by atoms with Crippen molar-refractivity contribution >= 4 is 23.5 Å². The van der Waals surface area contributed by atoms with Crippen molar-refractivity contribution < 1.29 is 14.4 Å². The number of hydrogen-bond acceptors (Lipinski definition) is 6. The second-order valence-corrected chi connectivity index (χ2v) is 7.66. The number of hydrogen-bond donors (Lipinski definition) is 4. The molecule has 3 aliphatic rings. The minimum absolute atomic E-state index is 0.155. The maximum Gasteiger partial charge on any atom is 0.255 e. The number of aromatic amines is 1. The molecule has 1 atom stereocenters. The van der Waals surface area contributed by atoms with Crippen molar-refractivity contribution in [2.45, 2.75) is 44.9 Å². The van der Waals surface area contributed by atoms with Gasteiger partial charge < -0.3 is 15.5 Å². The second-order valence-electron chi connectivity index (χ2n) is 7.66. The molecule has 1 saturated heterocycles. The Bertz CT molecular complexity index is 1010. The number of rotatable bonds is 4. The van der Waals surface area contributed by atoms with Gasteiger partial charge in [-0.3, -0.25) is 24.8 Å². The van der Waals surface area contributed by atoms with Crippen LogP contribution in [0.1, 0.15) is 45.6 Å². The van der Waals surface area contributed by atoms with E-state index in [2.05, 4.69) is 26.1 Å². The third-order valence-corrected chi connectivity index (χ3v) is 5.89. The predicted octanol–water partition coefficient (Wildman–Crippen LogP) is 0.429. The van der Waals surface area contributed by atoms with E-state index in [9.17, 15) is 14.4 Å². The van der Waals surface area contributed by atoms with E-state index < -0.39 is 11.9 Å². The molecule has 4 N–H and O–H groups in total. The highest BCUT2D eigenvalue weighted by Gasteiger charge is 2.39. The van der Waals surface area contributed by atoms with Crippen molar-refractivity contribution in [1.29, 1.82) is 0 Å². The van der Waals surface area contributed by atoms with E-state index in [1.807, 2.05) is 18.2 Å². The first-order chi connectivity index (χ1) is 14.1. The summed E-state index contributed by atoms with van der Waals surface area (Å²) in [6.45, 7) is 2.56. The summed E-state index contributed by atoms with van der Waals surface area (Å²) >= 11 is 0. The van der Waals surface area contributed by atoms with Crippen molar-refractivity contribution in [2.75, 3.05) is 11.9 Å². The molecule has 3 aliphatic heterocycles. The van der Waals surface area contributed by atoms with Crippen LogP contribution < -0.4 is 16.0 Å². The summed E-state index contributed by atoms with van der Waals surface area (Å²) in [5.41, 5.74) is 4.71. The summed E-state index contributed by atoms with van der Waals surface area (Å²) in [5, 5.41) is 16.5. The third-order valence-electron chi connectivity index (χ3n) is 5.89. The summed E-state index contributed by atoms with van der Waals surface area (Å²) in [6.07, 6.45) is 1.54. The molecule has 150 valence electrons. The van der Waals surface area contributed by atoms with Gasteiger partial charge >= 0.3 is 0 Å². The van der Waals surface area contributed by atoms with Gasteiger partial charge in [-0.1, -0.05) is 18.2 Å². The Morgan fingerprint density at radius 2 is 2.10 bits per heavy atom. The molecule has 2 aromatic rings. The largest absolute Gasteiger partial charge is 0.364 e. The number of aromatic nitrogens is 2. The lowest BCUT2D eigenvalue weighted by atomic mass is 10.0. The van der Waals surface area contributed by atoms with Crippen LogP contribution in [0.3, 0.4) is 0 Å². The Hall–Kier alpha value is -3.20. The molecule has 1 fully saturated rings. The molecule has 0 radical (unpaired) electrons. The SMILES string of the molecule is O=C1CCC(N2Cc3cccc(CNc4n[nH]c5c4CNCC5)c3C2=O)C(=O)N1. The molecular weight excluding hydrogens is 372 g/mol. The zero-order valence-electron chi connectivity index (χ0n) is 15.9. The monoisotopic (exact) mass is 394 g/mol. The number of fused-ring (bicyclic) bond motifs is 2. The molecule has 1 aromatic carbocycles. The van der Waals surface area contributed by atoms with Gasteiger partial charge in [-0.15, -0.1) is 0 Å². The van der Waals surface area contributed by atoms with Crippen LogP contribution in [0, 0.1) is 0 Å². The first-order valence-electron chi connectivity index (χ1n) is 9.88. The van der Waals surface area contributed by atoms with Gasteiger partial charge in [-0.05, 0) is 17.5 Å². The van der Waals surface area contributed by atoms with E-state index in [0.29, 0.717) is 25.1 Å². The summed E-state index contributed by atoms with van der Waals surface area (Å²) in [6, 6.07) is 5.18. The molecule has 1 aromatic heterocycles. The molecule has 9 nitrogen and oxygen atoms in total. The number of nitrogens with one attached hydrogen (secondary N) is 4. The average molecular weight is 394 g/mol. The lowest BCUT2D eigenvalue weighted by Gasteiger charge is -2.29. The molecule has 3 amide bonds. The van der Waals surface area contributed by atoms with Gasteiger partial charge in [0.2, 0.25) is 11.8 Å². The van der Waals surface area contributed by atoms with Gasteiger partial charge in [-0.2, -0.15) is 5.10 Å². The number of amides is 3. The van der Waals surface area contributed by atoms with Gasteiger partial charge in [0.15, 0.2) is 5.82 Å². The first-order valence-corrected chi connectivity index (χ1v) is 9.88. The van der Waals surface area contributed by atoms with Gasteiger partial charge in [-0.25, -0.2) is 0 Å². The van der Waals surface area contributed by atoms with E-state index in [0.717, 1.165) is 47.7 Å². The van der Waals surface area contributed by atoms with Crippen LogP contribution >= 0.6 is 0 Å². The number of imide groups is 1. The summed E-state index contributed by atoms with van der Waals surface area (Å²) in [5.74, 6) is -0.0234. The van der Waals surface area contributed by atoms with Crippen molar-refractivity contribution in [2.24, 2.45) is 0 Å². The number of piperidine rings is 1.